The van der Waals surface area contributed by atoms with Gasteiger partial charge in [-0.05, 0) is 6.92 Å². The molecule has 0 spiro atoms. The summed E-state index contributed by atoms with van der Waals surface area (Å²) in [6.45, 7) is -0.391. The molecule has 15 atom stereocenters. The number of aliphatic hydroxyl groups is 10. The second kappa shape index (κ2) is 11.6. The Balaban J connectivity index is 1.63. The Labute approximate surface area is 194 Å². The summed E-state index contributed by atoms with van der Waals surface area (Å²) in [7, 11) is 0. The van der Waals surface area contributed by atoms with Crippen LogP contribution in [-0.4, -0.2) is 163 Å². The van der Waals surface area contributed by atoms with Crippen LogP contribution in [0.5, 0.6) is 0 Å². The van der Waals surface area contributed by atoms with Gasteiger partial charge in [0.25, 0.3) is 0 Å². The molecule has 3 saturated heterocycles. The first-order valence-electron chi connectivity index (χ1n) is 10.9. The fourth-order valence-electron chi connectivity index (χ4n) is 4.16. The van der Waals surface area contributed by atoms with E-state index in [1.807, 2.05) is 0 Å². The molecule has 0 aromatic carbocycles. The monoisotopic (exact) mass is 502 g/mol. The van der Waals surface area contributed by atoms with E-state index in [1.54, 1.807) is 0 Å². The fourth-order valence-corrected chi connectivity index (χ4v) is 4.16. The summed E-state index contributed by atoms with van der Waals surface area (Å²) in [4.78, 5) is 0. The van der Waals surface area contributed by atoms with E-state index in [-0.39, 0.29) is 0 Å². The molecule has 10 N–H and O–H groups in total. The minimum atomic E-state index is -1.79. The van der Waals surface area contributed by atoms with Crippen LogP contribution in [0, 0.1) is 0 Å². The third kappa shape index (κ3) is 5.54. The molecule has 0 amide bonds. The van der Waals surface area contributed by atoms with E-state index in [1.165, 1.54) is 6.92 Å². The average Bonchev–Trinajstić information content (AvgIpc) is 2.83. The molecule has 6 unspecified atom stereocenters. The number of rotatable bonds is 7. The lowest BCUT2D eigenvalue weighted by Gasteiger charge is -2.46. The standard InChI is InChI=1S/C19H34O15/c1-5-9(22)12(25)11(24)8(31-5)4-30-18-16(29)14(27)17(7(3-21)33-18)34-19-15(28)13(26)10(23)6(2-20)32-19/h5-29H,2-4H2,1H3/t5-,6?,7?,8?,9-,10-,11-,12?,13?,14?,15+,16+,17+,18+,19-/m1/s1. The summed E-state index contributed by atoms with van der Waals surface area (Å²) in [5.41, 5.74) is 0. The van der Waals surface area contributed by atoms with Gasteiger partial charge in [0.1, 0.15) is 73.2 Å². The topological polar surface area (TPSA) is 248 Å². The molecule has 0 aliphatic carbocycles. The van der Waals surface area contributed by atoms with E-state index < -0.39 is 112 Å². The van der Waals surface area contributed by atoms with Crippen molar-refractivity contribution in [3.05, 3.63) is 0 Å². The third-order valence-electron chi connectivity index (χ3n) is 6.34. The molecular weight excluding hydrogens is 468 g/mol. The van der Waals surface area contributed by atoms with Crippen molar-refractivity contribution in [2.75, 3.05) is 19.8 Å². The molecule has 3 heterocycles. The molecule has 3 fully saturated rings. The largest absolute Gasteiger partial charge is 0.394 e. The van der Waals surface area contributed by atoms with E-state index in [0.717, 1.165) is 0 Å². The average molecular weight is 502 g/mol. The summed E-state index contributed by atoms with van der Waals surface area (Å²) in [5.74, 6) is 0. The van der Waals surface area contributed by atoms with Gasteiger partial charge in [-0.25, -0.2) is 0 Å². The second-order valence-corrected chi connectivity index (χ2v) is 8.69. The summed E-state index contributed by atoms with van der Waals surface area (Å²) in [5, 5.41) is 99.7. The van der Waals surface area contributed by atoms with Crippen molar-refractivity contribution >= 4 is 0 Å². The maximum absolute atomic E-state index is 10.6. The predicted octanol–water partition coefficient (Wildman–Crippen LogP) is -6.50. The van der Waals surface area contributed by atoms with Crippen LogP contribution in [0.4, 0.5) is 0 Å². The van der Waals surface area contributed by atoms with Crippen molar-refractivity contribution in [2.24, 2.45) is 0 Å². The van der Waals surface area contributed by atoms with Gasteiger partial charge in [-0.15, -0.1) is 0 Å². The quantitative estimate of drug-likeness (QED) is 0.155. The van der Waals surface area contributed by atoms with Gasteiger partial charge in [-0.3, -0.25) is 0 Å². The van der Waals surface area contributed by atoms with Crippen molar-refractivity contribution in [3.63, 3.8) is 0 Å². The minimum absolute atomic E-state index is 0.417. The van der Waals surface area contributed by atoms with Gasteiger partial charge in [0, 0.05) is 0 Å². The van der Waals surface area contributed by atoms with E-state index in [2.05, 4.69) is 0 Å². The van der Waals surface area contributed by atoms with Crippen LogP contribution < -0.4 is 0 Å². The lowest BCUT2D eigenvalue weighted by molar-refractivity contribution is -0.362. The van der Waals surface area contributed by atoms with Crippen molar-refractivity contribution in [2.45, 2.75) is 98.9 Å². The van der Waals surface area contributed by atoms with Gasteiger partial charge in [0.05, 0.1) is 25.9 Å². The molecule has 0 bridgehead atoms. The molecule has 15 heteroatoms. The zero-order valence-electron chi connectivity index (χ0n) is 18.3. The Bertz CT molecular complexity index is 637. The lowest BCUT2D eigenvalue weighted by atomic mass is 9.96. The smallest absolute Gasteiger partial charge is 0.187 e. The number of hydrogen-bond acceptors (Lipinski definition) is 15. The molecule has 15 nitrogen and oxygen atoms in total. The SMILES string of the molecule is C[C@H]1OC(CO[C@H]2OC(CO)[C@H](O[C@H]3OC(CO)[C@@H](O)C(O)[C@@H]3O)C(O)[C@@H]2O)[C@@H](O)C(O)[C@@H]1O. The summed E-state index contributed by atoms with van der Waals surface area (Å²) in [6, 6.07) is 0. The van der Waals surface area contributed by atoms with Crippen LogP contribution in [-0.2, 0) is 23.7 Å². The minimum Gasteiger partial charge on any atom is -0.394 e. The van der Waals surface area contributed by atoms with Gasteiger partial charge in [0.15, 0.2) is 12.6 Å². The maximum atomic E-state index is 10.6. The Morgan fingerprint density at radius 2 is 1.09 bits per heavy atom. The molecule has 0 aromatic rings. The van der Waals surface area contributed by atoms with Gasteiger partial charge < -0.3 is 74.7 Å². The Hall–Kier alpha value is -0.600. The van der Waals surface area contributed by atoms with E-state index in [4.69, 9.17) is 23.7 Å². The van der Waals surface area contributed by atoms with Crippen molar-refractivity contribution in [1.29, 1.82) is 0 Å². The molecule has 200 valence electrons. The van der Waals surface area contributed by atoms with Crippen LogP contribution in [0.1, 0.15) is 6.92 Å². The molecule has 34 heavy (non-hydrogen) atoms. The molecule has 0 aromatic heterocycles. The van der Waals surface area contributed by atoms with Crippen molar-refractivity contribution in [1.82, 2.24) is 0 Å². The van der Waals surface area contributed by atoms with Crippen LogP contribution in [0.25, 0.3) is 0 Å². The number of ether oxygens (including phenoxy) is 5. The van der Waals surface area contributed by atoms with Crippen LogP contribution in [0.15, 0.2) is 0 Å². The first-order chi connectivity index (χ1) is 16.0. The highest BCUT2D eigenvalue weighted by Gasteiger charge is 2.51. The zero-order chi connectivity index (χ0) is 25.3. The van der Waals surface area contributed by atoms with Gasteiger partial charge in [0.2, 0.25) is 0 Å². The zero-order valence-corrected chi connectivity index (χ0v) is 18.3. The second-order valence-electron chi connectivity index (χ2n) is 8.69. The highest BCUT2D eigenvalue weighted by molar-refractivity contribution is 4.95. The number of hydrogen-bond donors (Lipinski definition) is 10. The molecule has 3 rings (SSSR count). The first-order valence-corrected chi connectivity index (χ1v) is 10.9. The summed E-state index contributed by atoms with van der Waals surface area (Å²) >= 11 is 0. The van der Waals surface area contributed by atoms with Crippen molar-refractivity contribution in [3.8, 4) is 0 Å². The van der Waals surface area contributed by atoms with Crippen LogP contribution in [0.2, 0.25) is 0 Å². The normalized spacial score (nSPS) is 52.5. The maximum Gasteiger partial charge on any atom is 0.187 e. The highest BCUT2D eigenvalue weighted by atomic mass is 16.7. The van der Waals surface area contributed by atoms with E-state index >= 15 is 0 Å². The molecule has 3 aliphatic rings. The molecular formula is C19H34O15. The van der Waals surface area contributed by atoms with Crippen molar-refractivity contribution < 1.29 is 74.7 Å². The van der Waals surface area contributed by atoms with E-state index in [9.17, 15) is 51.1 Å². The van der Waals surface area contributed by atoms with Gasteiger partial charge in [-0.2, -0.15) is 0 Å². The molecule has 0 saturated carbocycles. The summed E-state index contributed by atoms with van der Waals surface area (Å²) < 4.78 is 26.9. The van der Waals surface area contributed by atoms with E-state index in [0.29, 0.717) is 0 Å². The number of aliphatic hydroxyl groups excluding tert-OH is 10. The van der Waals surface area contributed by atoms with Crippen LogP contribution in [0.3, 0.4) is 0 Å². The van der Waals surface area contributed by atoms with Gasteiger partial charge in [-0.1, -0.05) is 0 Å². The molecule has 0 radical (unpaired) electrons. The lowest BCUT2D eigenvalue weighted by Crippen LogP contribution is -2.65. The third-order valence-corrected chi connectivity index (χ3v) is 6.34. The van der Waals surface area contributed by atoms with Gasteiger partial charge >= 0.3 is 0 Å². The Morgan fingerprint density at radius 3 is 1.71 bits per heavy atom. The van der Waals surface area contributed by atoms with Crippen LogP contribution >= 0.6 is 0 Å². The Kier molecular flexibility index (Phi) is 9.57. The summed E-state index contributed by atoms with van der Waals surface area (Å²) in [6.07, 6.45) is -22.2. The highest BCUT2D eigenvalue weighted by Crippen LogP contribution is 2.30. The molecule has 3 aliphatic heterocycles. The predicted molar refractivity (Wildman–Crippen MR) is 105 cm³/mol. The first kappa shape index (κ1) is 28.0. The fraction of sp³-hybridized carbons (Fsp3) is 1.00. The Morgan fingerprint density at radius 1 is 0.559 bits per heavy atom.